The molecule has 0 N–H and O–H groups in total. The van der Waals surface area contributed by atoms with Gasteiger partial charge in [-0.1, -0.05) is 48.5 Å². The topological polar surface area (TPSA) is 73.7 Å². The number of ether oxygens (including phenoxy) is 2. The van der Waals surface area contributed by atoms with Crippen LogP contribution < -0.4 is 0 Å². The molecular weight excluding hydrogens is 394 g/mol. The summed E-state index contributed by atoms with van der Waals surface area (Å²) in [7, 11) is 0. The van der Waals surface area contributed by atoms with Gasteiger partial charge >= 0.3 is 5.97 Å². The summed E-state index contributed by atoms with van der Waals surface area (Å²) in [6.07, 6.45) is 1.55. The number of hydrogen-bond acceptors (Lipinski definition) is 5. The van der Waals surface area contributed by atoms with Crippen LogP contribution in [0.5, 0.6) is 0 Å². The summed E-state index contributed by atoms with van der Waals surface area (Å²) in [5.74, 6) is -0.809. The predicted molar refractivity (Wildman–Crippen MR) is 116 cm³/mol. The van der Waals surface area contributed by atoms with Crippen LogP contribution in [-0.4, -0.2) is 58.5 Å². The maximum Gasteiger partial charge on any atom is 0.342 e. The van der Waals surface area contributed by atoms with Gasteiger partial charge in [0.2, 0.25) is 0 Å². The minimum Gasteiger partial charge on any atom is -0.452 e. The zero-order valence-corrected chi connectivity index (χ0v) is 17.6. The lowest BCUT2D eigenvalue weighted by Gasteiger charge is -2.35. The molecule has 1 aliphatic rings. The molecule has 31 heavy (non-hydrogen) atoms. The van der Waals surface area contributed by atoms with Gasteiger partial charge in [0.15, 0.2) is 6.61 Å². The molecule has 0 bridgehead atoms. The standard InChI is InChI=1S/C24H25N3O4/c1-17-13-26(14-18(2)31-17)22(28)16-30-24(29)21-15-27(20-11-7-4-8-12-20)25-23(21)19-9-5-3-6-10-19/h3-12,15,17-18H,13-14,16H2,1-2H3/t17-,18-/m0/s1. The van der Waals surface area contributed by atoms with Crippen LogP contribution in [0.3, 0.4) is 0 Å². The molecule has 0 unspecified atom stereocenters. The molecule has 1 fully saturated rings. The number of carbonyl (C=O) groups excluding carboxylic acids is 2. The molecule has 1 aliphatic heterocycles. The summed E-state index contributed by atoms with van der Waals surface area (Å²) >= 11 is 0. The van der Waals surface area contributed by atoms with Gasteiger partial charge in [-0.2, -0.15) is 5.10 Å². The van der Waals surface area contributed by atoms with Crippen LogP contribution in [0.2, 0.25) is 0 Å². The first-order chi connectivity index (χ1) is 15.0. The van der Waals surface area contributed by atoms with Crippen molar-refractivity contribution in [3.63, 3.8) is 0 Å². The fourth-order valence-corrected chi connectivity index (χ4v) is 3.72. The minimum absolute atomic E-state index is 0.0443. The van der Waals surface area contributed by atoms with Gasteiger partial charge in [-0.15, -0.1) is 0 Å². The monoisotopic (exact) mass is 419 g/mol. The summed E-state index contributed by atoms with van der Waals surface area (Å²) in [5, 5.41) is 4.61. The number of benzene rings is 2. The number of esters is 1. The fraction of sp³-hybridized carbons (Fsp3) is 0.292. The molecule has 1 aromatic heterocycles. The second-order valence-corrected chi connectivity index (χ2v) is 7.67. The van der Waals surface area contributed by atoms with Crippen molar-refractivity contribution in [2.24, 2.45) is 0 Å². The normalized spacial score (nSPS) is 18.6. The molecule has 4 rings (SSSR count). The lowest BCUT2D eigenvalue weighted by Crippen LogP contribution is -2.49. The third-order valence-corrected chi connectivity index (χ3v) is 5.10. The summed E-state index contributed by atoms with van der Waals surface area (Å²) in [6, 6.07) is 19.0. The Morgan fingerprint density at radius 2 is 1.61 bits per heavy atom. The summed E-state index contributed by atoms with van der Waals surface area (Å²) < 4.78 is 12.7. The molecule has 1 amide bonds. The third-order valence-electron chi connectivity index (χ3n) is 5.10. The second kappa shape index (κ2) is 9.14. The minimum atomic E-state index is -0.580. The van der Waals surface area contributed by atoms with E-state index in [9.17, 15) is 9.59 Å². The molecular formula is C24H25N3O4. The van der Waals surface area contributed by atoms with Crippen LogP contribution in [0.4, 0.5) is 0 Å². The highest BCUT2D eigenvalue weighted by molar-refractivity contribution is 5.97. The molecule has 0 aliphatic carbocycles. The van der Waals surface area contributed by atoms with Crippen molar-refractivity contribution < 1.29 is 19.1 Å². The number of hydrogen-bond donors (Lipinski definition) is 0. The Balaban J connectivity index is 1.54. The number of aromatic nitrogens is 2. The smallest absolute Gasteiger partial charge is 0.342 e. The number of amides is 1. The van der Waals surface area contributed by atoms with E-state index in [4.69, 9.17) is 9.47 Å². The van der Waals surface area contributed by atoms with Crippen molar-refractivity contribution in [1.29, 1.82) is 0 Å². The molecule has 7 nitrogen and oxygen atoms in total. The van der Waals surface area contributed by atoms with E-state index in [1.165, 1.54) is 0 Å². The number of rotatable bonds is 5. The van der Waals surface area contributed by atoms with E-state index in [0.717, 1.165) is 11.3 Å². The first-order valence-electron chi connectivity index (χ1n) is 10.3. The van der Waals surface area contributed by atoms with Crippen molar-refractivity contribution in [3.8, 4) is 16.9 Å². The van der Waals surface area contributed by atoms with E-state index < -0.39 is 5.97 Å². The van der Waals surface area contributed by atoms with Crippen molar-refractivity contribution in [1.82, 2.24) is 14.7 Å². The van der Waals surface area contributed by atoms with Crippen LogP contribution in [0.25, 0.3) is 16.9 Å². The van der Waals surface area contributed by atoms with Crippen molar-refractivity contribution >= 4 is 11.9 Å². The van der Waals surface area contributed by atoms with Crippen LogP contribution in [0, 0.1) is 0 Å². The van der Waals surface area contributed by atoms with Crippen LogP contribution >= 0.6 is 0 Å². The van der Waals surface area contributed by atoms with Gasteiger partial charge < -0.3 is 14.4 Å². The maximum atomic E-state index is 12.9. The number of carbonyl (C=O) groups is 2. The Morgan fingerprint density at radius 1 is 1.00 bits per heavy atom. The highest BCUT2D eigenvalue weighted by Gasteiger charge is 2.27. The van der Waals surface area contributed by atoms with Crippen LogP contribution in [-0.2, 0) is 14.3 Å². The first-order valence-corrected chi connectivity index (χ1v) is 10.3. The van der Waals surface area contributed by atoms with Crippen LogP contribution in [0.1, 0.15) is 24.2 Å². The Labute approximate surface area is 181 Å². The number of nitrogens with zero attached hydrogens (tertiary/aromatic N) is 3. The molecule has 7 heteroatoms. The van der Waals surface area contributed by atoms with Gasteiger partial charge in [-0.25, -0.2) is 9.48 Å². The Hall–Kier alpha value is -3.45. The van der Waals surface area contributed by atoms with Crippen molar-refractivity contribution in [2.75, 3.05) is 19.7 Å². The summed E-state index contributed by atoms with van der Waals surface area (Å²) in [4.78, 5) is 27.2. The highest BCUT2D eigenvalue weighted by atomic mass is 16.5. The Bertz CT molecular complexity index is 1040. The molecule has 1 saturated heterocycles. The first kappa shape index (κ1) is 20.8. The van der Waals surface area contributed by atoms with E-state index in [1.54, 1.807) is 15.8 Å². The van der Waals surface area contributed by atoms with E-state index in [1.807, 2.05) is 74.5 Å². The zero-order valence-electron chi connectivity index (χ0n) is 17.6. The largest absolute Gasteiger partial charge is 0.452 e. The predicted octanol–water partition coefficient (Wildman–Crippen LogP) is 3.33. The molecule has 2 heterocycles. The van der Waals surface area contributed by atoms with Crippen molar-refractivity contribution in [2.45, 2.75) is 26.1 Å². The van der Waals surface area contributed by atoms with Gasteiger partial charge in [-0.05, 0) is 26.0 Å². The fourth-order valence-electron chi connectivity index (χ4n) is 3.72. The zero-order chi connectivity index (χ0) is 21.8. The average Bonchev–Trinajstić information content (AvgIpc) is 3.23. The Kier molecular flexibility index (Phi) is 6.13. The van der Waals surface area contributed by atoms with E-state index >= 15 is 0 Å². The molecule has 0 spiro atoms. The van der Waals surface area contributed by atoms with Gasteiger partial charge in [-0.3, -0.25) is 4.79 Å². The molecule has 2 atom stereocenters. The quantitative estimate of drug-likeness (QED) is 0.593. The number of para-hydroxylation sites is 1. The summed E-state index contributed by atoms with van der Waals surface area (Å²) in [6.45, 7) is 4.50. The van der Waals surface area contributed by atoms with Gasteiger partial charge in [0.25, 0.3) is 5.91 Å². The molecule has 0 saturated carbocycles. The molecule has 2 aromatic carbocycles. The molecule has 0 radical (unpaired) electrons. The average molecular weight is 419 g/mol. The van der Waals surface area contributed by atoms with Crippen LogP contribution in [0.15, 0.2) is 66.9 Å². The van der Waals surface area contributed by atoms with Gasteiger partial charge in [0.05, 0.1) is 17.9 Å². The lowest BCUT2D eigenvalue weighted by atomic mass is 10.1. The maximum absolute atomic E-state index is 12.9. The lowest BCUT2D eigenvalue weighted by molar-refractivity contribution is -0.146. The van der Waals surface area contributed by atoms with Crippen molar-refractivity contribution in [3.05, 3.63) is 72.4 Å². The van der Waals surface area contributed by atoms with E-state index in [-0.39, 0.29) is 24.7 Å². The van der Waals surface area contributed by atoms with E-state index in [0.29, 0.717) is 24.3 Å². The SMILES string of the molecule is C[C@H]1CN(C(=O)COC(=O)c2cn(-c3ccccc3)nc2-c2ccccc2)C[C@H](C)O1. The highest BCUT2D eigenvalue weighted by Crippen LogP contribution is 2.24. The molecule has 3 aromatic rings. The second-order valence-electron chi connectivity index (χ2n) is 7.67. The summed E-state index contributed by atoms with van der Waals surface area (Å²) in [5.41, 5.74) is 2.44. The number of morpholine rings is 1. The Morgan fingerprint density at radius 3 is 2.26 bits per heavy atom. The van der Waals surface area contributed by atoms with Gasteiger partial charge in [0, 0.05) is 24.8 Å². The van der Waals surface area contributed by atoms with Gasteiger partial charge in [0.1, 0.15) is 11.3 Å². The third kappa shape index (κ3) is 4.83. The van der Waals surface area contributed by atoms with E-state index in [2.05, 4.69) is 5.10 Å². The molecule has 160 valence electrons.